The number of hydrogen-bond acceptors (Lipinski definition) is 5. The van der Waals surface area contributed by atoms with Gasteiger partial charge in [0.1, 0.15) is 17.2 Å². The van der Waals surface area contributed by atoms with Crippen molar-refractivity contribution in [2.75, 3.05) is 18.1 Å². The molecule has 1 fully saturated rings. The number of halogens is 1. The highest BCUT2D eigenvalue weighted by molar-refractivity contribution is 5.95. The average molecular weight is 354 g/mol. The fourth-order valence-corrected chi connectivity index (χ4v) is 3.47. The minimum atomic E-state index is -0.435. The molecule has 0 radical (unpaired) electrons. The fraction of sp³-hybridized carbons (Fsp3) is 0.316. The van der Waals surface area contributed by atoms with Gasteiger partial charge in [0.25, 0.3) is 0 Å². The van der Waals surface area contributed by atoms with Gasteiger partial charge in [-0.2, -0.15) is 5.10 Å². The molecule has 1 atom stereocenters. The Bertz CT molecular complexity index is 956. The highest BCUT2D eigenvalue weighted by Crippen LogP contribution is 2.35. The van der Waals surface area contributed by atoms with Crippen LogP contribution in [0.3, 0.4) is 0 Å². The van der Waals surface area contributed by atoms with E-state index in [-0.39, 0.29) is 11.9 Å². The molecule has 0 aliphatic carbocycles. The van der Waals surface area contributed by atoms with Crippen LogP contribution >= 0.6 is 0 Å². The summed E-state index contributed by atoms with van der Waals surface area (Å²) in [6.45, 7) is 2.88. The first-order valence-electron chi connectivity index (χ1n) is 8.71. The molecule has 1 aliphatic heterocycles. The SMILES string of the molecule is CCOC(=O)c1cnn2ccc(N3CCCC3c3cccc(F)c3)nc12. The molecule has 0 amide bonds. The summed E-state index contributed by atoms with van der Waals surface area (Å²) in [5.74, 6) is 0.0729. The van der Waals surface area contributed by atoms with Gasteiger partial charge in [0.05, 0.1) is 18.8 Å². The number of anilines is 1. The summed E-state index contributed by atoms with van der Waals surface area (Å²) < 4.78 is 20.3. The third-order valence-electron chi connectivity index (χ3n) is 4.63. The van der Waals surface area contributed by atoms with Crippen LogP contribution in [-0.4, -0.2) is 33.7 Å². The highest BCUT2D eigenvalue weighted by atomic mass is 19.1. The number of carbonyl (C=O) groups is 1. The molecule has 26 heavy (non-hydrogen) atoms. The van der Waals surface area contributed by atoms with Gasteiger partial charge in [0, 0.05) is 12.7 Å². The summed E-state index contributed by atoms with van der Waals surface area (Å²) in [7, 11) is 0. The predicted octanol–water partition coefficient (Wildman–Crippen LogP) is 3.39. The lowest BCUT2D eigenvalue weighted by Gasteiger charge is -2.26. The van der Waals surface area contributed by atoms with Crippen LogP contribution in [0.15, 0.2) is 42.7 Å². The first kappa shape index (κ1) is 16.5. The Morgan fingerprint density at radius 1 is 1.38 bits per heavy atom. The number of rotatable bonds is 4. The van der Waals surface area contributed by atoms with Crippen molar-refractivity contribution in [3.63, 3.8) is 0 Å². The lowest BCUT2D eigenvalue weighted by atomic mass is 10.0. The molecule has 1 aromatic carbocycles. The first-order valence-corrected chi connectivity index (χ1v) is 8.71. The molecule has 134 valence electrons. The molecule has 4 rings (SSSR count). The van der Waals surface area contributed by atoms with Crippen LogP contribution in [0.2, 0.25) is 0 Å². The highest BCUT2D eigenvalue weighted by Gasteiger charge is 2.28. The molecule has 0 N–H and O–H groups in total. The van der Waals surface area contributed by atoms with E-state index in [1.165, 1.54) is 12.3 Å². The Morgan fingerprint density at radius 2 is 2.27 bits per heavy atom. The van der Waals surface area contributed by atoms with Crippen molar-refractivity contribution in [1.82, 2.24) is 14.6 Å². The number of hydrogen-bond donors (Lipinski definition) is 0. The maximum absolute atomic E-state index is 13.6. The third-order valence-corrected chi connectivity index (χ3v) is 4.63. The van der Waals surface area contributed by atoms with Crippen LogP contribution < -0.4 is 4.90 Å². The van der Waals surface area contributed by atoms with Crippen LogP contribution in [0.5, 0.6) is 0 Å². The summed E-state index contributed by atoms with van der Waals surface area (Å²) in [4.78, 5) is 18.9. The Balaban J connectivity index is 1.71. The molecule has 0 saturated carbocycles. The molecular weight excluding hydrogens is 335 g/mol. The normalized spacial score (nSPS) is 17.0. The summed E-state index contributed by atoms with van der Waals surface area (Å²) >= 11 is 0. The lowest BCUT2D eigenvalue weighted by Crippen LogP contribution is -2.24. The summed E-state index contributed by atoms with van der Waals surface area (Å²) in [6.07, 6.45) is 5.18. The van der Waals surface area contributed by atoms with Crippen LogP contribution in [0.1, 0.15) is 41.7 Å². The Kier molecular flexibility index (Phi) is 4.28. The zero-order valence-electron chi connectivity index (χ0n) is 14.4. The molecule has 3 aromatic rings. The maximum atomic E-state index is 13.6. The molecule has 0 spiro atoms. The van der Waals surface area contributed by atoms with Crippen LogP contribution in [0.4, 0.5) is 10.2 Å². The fourth-order valence-electron chi connectivity index (χ4n) is 3.47. The predicted molar refractivity (Wildman–Crippen MR) is 94.7 cm³/mol. The molecule has 1 saturated heterocycles. The minimum Gasteiger partial charge on any atom is -0.462 e. The molecule has 1 unspecified atom stereocenters. The van der Waals surface area contributed by atoms with Gasteiger partial charge in [-0.1, -0.05) is 12.1 Å². The van der Waals surface area contributed by atoms with Crippen molar-refractivity contribution in [1.29, 1.82) is 0 Å². The molecule has 3 heterocycles. The van der Waals surface area contributed by atoms with Crippen molar-refractivity contribution in [2.24, 2.45) is 0 Å². The Hall–Kier alpha value is -2.96. The number of aromatic nitrogens is 3. The number of fused-ring (bicyclic) bond motifs is 1. The van der Waals surface area contributed by atoms with Crippen LogP contribution in [-0.2, 0) is 4.74 Å². The molecule has 7 heteroatoms. The van der Waals surface area contributed by atoms with Gasteiger partial charge >= 0.3 is 5.97 Å². The molecule has 6 nitrogen and oxygen atoms in total. The van der Waals surface area contributed by atoms with Crippen molar-refractivity contribution in [2.45, 2.75) is 25.8 Å². The molecule has 0 bridgehead atoms. The Morgan fingerprint density at radius 3 is 3.08 bits per heavy atom. The van der Waals surface area contributed by atoms with E-state index in [2.05, 4.69) is 15.0 Å². The van der Waals surface area contributed by atoms with Gasteiger partial charge in [0.15, 0.2) is 5.65 Å². The number of benzene rings is 1. The quantitative estimate of drug-likeness (QED) is 0.672. The van der Waals surface area contributed by atoms with E-state index in [1.54, 1.807) is 29.8 Å². The number of ether oxygens (including phenoxy) is 1. The monoisotopic (exact) mass is 354 g/mol. The number of carbonyl (C=O) groups excluding carboxylic acids is 1. The standard InChI is InChI=1S/C19H19FN4O2/c1-2-26-19(25)15-12-21-24-10-8-17(22-18(15)24)23-9-4-7-16(23)13-5-3-6-14(20)11-13/h3,5-6,8,10-12,16H,2,4,7,9H2,1H3. The van der Waals surface area contributed by atoms with Gasteiger partial charge in [-0.3, -0.25) is 0 Å². The van der Waals surface area contributed by atoms with Gasteiger partial charge in [-0.25, -0.2) is 18.7 Å². The Labute approximate surface area is 150 Å². The van der Waals surface area contributed by atoms with Gasteiger partial charge in [-0.05, 0) is 43.5 Å². The molecule has 2 aromatic heterocycles. The van der Waals surface area contributed by atoms with E-state index in [4.69, 9.17) is 4.74 Å². The topological polar surface area (TPSA) is 59.7 Å². The minimum absolute atomic E-state index is 0.0645. The van der Waals surface area contributed by atoms with Gasteiger partial charge in [0.2, 0.25) is 0 Å². The van der Waals surface area contributed by atoms with E-state index in [9.17, 15) is 9.18 Å². The summed E-state index contributed by atoms with van der Waals surface area (Å²) in [5, 5.41) is 4.16. The van der Waals surface area contributed by atoms with Crippen LogP contribution in [0.25, 0.3) is 5.65 Å². The zero-order chi connectivity index (χ0) is 18.1. The first-order chi connectivity index (χ1) is 12.7. The number of nitrogens with zero attached hydrogens (tertiary/aromatic N) is 4. The average Bonchev–Trinajstić information content (AvgIpc) is 3.28. The largest absolute Gasteiger partial charge is 0.462 e. The summed E-state index contributed by atoms with van der Waals surface area (Å²) in [5.41, 5.74) is 1.74. The second kappa shape index (κ2) is 6.74. The van der Waals surface area contributed by atoms with Crippen molar-refractivity contribution >= 4 is 17.4 Å². The number of esters is 1. The van der Waals surface area contributed by atoms with Gasteiger partial charge < -0.3 is 9.64 Å². The second-order valence-corrected chi connectivity index (χ2v) is 6.24. The second-order valence-electron chi connectivity index (χ2n) is 6.24. The van der Waals surface area contributed by atoms with Crippen molar-refractivity contribution in [3.8, 4) is 0 Å². The van der Waals surface area contributed by atoms with Crippen LogP contribution in [0, 0.1) is 5.82 Å². The zero-order valence-corrected chi connectivity index (χ0v) is 14.4. The van der Waals surface area contributed by atoms with E-state index in [1.807, 2.05) is 12.1 Å². The van der Waals surface area contributed by atoms with Gasteiger partial charge in [-0.15, -0.1) is 0 Å². The van der Waals surface area contributed by atoms with E-state index in [0.29, 0.717) is 17.8 Å². The smallest absolute Gasteiger partial charge is 0.343 e. The maximum Gasteiger partial charge on any atom is 0.343 e. The van der Waals surface area contributed by atoms with Crippen molar-refractivity contribution < 1.29 is 13.9 Å². The van der Waals surface area contributed by atoms with E-state index in [0.717, 1.165) is 30.8 Å². The molecular formula is C19H19FN4O2. The van der Waals surface area contributed by atoms with E-state index >= 15 is 0 Å². The molecule has 1 aliphatic rings. The summed E-state index contributed by atoms with van der Waals surface area (Å²) in [6, 6.07) is 8.62. The lowest BCUT2D eigenvalue weighted by molar-refractivity contribution is 0.0528. The van der Waals surface area contributed by atoms with E-state index < -0.39 is 5.97 Å². The third kappa shape index (κ3) is 2.89. The van der Waals surface area contributed by atoms with Crippen molar-refractivity contribution in [3.05, 3.63) is 59.7 Å².